The van der Waals surface area contributed by atoms with Crippen LogP contribution in [0.1, 0.15) is 113 Å². The van der Waals surface area contributed by atoms with Gasteiger partial charge < -0.3 is 37.9 Å². The number of hydrogen-bond acceptors (Lipinski definition) is 11. The Balaban J connectivity index is 0.000000371. The second kappa shape index (κ2) is 28.4. The van der Waals surface area contributed by atoms with Crippen LogP contribution in [-0.2, 0) is 41.4 Å². The third-order valence-corrected chi connectivity index (χ3v) is 13.4. The van der Waals surface area contributed by atoms with Crippen molar-refractivity contribution in [3.63, 3.8) is 0 Å². The summed E-state index contributed by atoms with van der Waals surface area (Å²) in [7, 11) is -1.92. The summed E-state index contributed by atoms with van der Waals surface area (Å²) in [6, 6.07) is 10.2. The van der Waals surface area contributed by atoms with Crippen molar-refractivity contribution in [2.24, 2.45) is 52.5 Å². The number of methoxy groups -OCH3 is 4. The number of carbonyl (C=O) groups is 2. The van der Waals surface area contributed by atoms with Gasteiger partial charge in [0.2, 0.25) is 0 Å². The zero-order valence-corrected chi connectivity index (χ0v) is 41.3. The van der Waals surface area contributed by atoms with Gasteiger partial charge in [0.25, 0.3) is 0 Å². The number of benzene rings is 2. The van der Waals surface area contributed by atoms with Crippen molar-refractivity contribution < 1.29 is 55.7 Å². The lowest BCUT2D eigenvalue weighted by Crippen LogP contribution is -2.29. The Morgan fingerprint density at radius 2 is 1.16 bits per heavy atom. The molecule has 4 rings (SSSR count). The maximum absolute atomic E-state index is 12.3. The van der Waals surface area contributed by atoms with Gasteiger partial charge in [0.05, 0.1) is 58.2 Å². The summed E-state index contributed by atoms with van der Waals surface area (Å²) in [4.78, 5) is 27.6. The van der Waals surface area contributed by atoms with Crippen molar-refractivity contribution in [3.8, 4) is 23.0 Å². The van der Waals surface area contributed by atoms with Crippen molar-refractivity contribution >= 4 is 27.9 Å². The highest BCUT2D eigenvalue weighted by atomic mass is 79.9. The van der Waals surface area contributed by atoms with E-state index >= 15 is 0 Å². The number of esters is 2. The average Bonchev–Trinajstić information content (AvgIpc) is 3.86. The number of carbonyl (C=O) groups excluding carboxylic acids is 2. The lowest BCUT2D eigenvalue weighted by atomic mass is 9.82. The molecule has 0 amide bonds. The fraction of sp³-hybridized carbons (Fsp3) is 0.720. The second-order valence-corrected chi connectivity index (χ2v) is 19.6. The van der Waals surface area contributed by atoms with E-state index in [1.165, 1.54) is 0 Å². The van der Waals surface area contributed by atoms with Gasteiger partial charge in [-0.15, -0.1) is 0 Å². The van der Waals surface area contributed by atoms with Gasteiger partial charge in [0.15, 0.2) is 23.0 Å². The molecule has 0 saturated carbocycles. The average molecular weight is 967 g/mol. The zero-order valence-electron chi connectivity index (χ0n) is 45.7. The van der Waals surface area contributed by atoms with Crippen molar-refractivity contribution in [2.45, 2.75) is 130 Å². The third-order valence-electron chi connectivity index (χ3n) is 12.4. The minimum atomic E-state index is -2.60. The number of ether oxygens (including phenoxy) is 8. The highest BCUT2D eigenvalue weighted by Gasteiger charge is 2.42. The molecule has 0 N–H and O–H groups in total. The van der Waals surface area contributed by atoms with E-state index in [1.54, 1.807) is 32.4 Å². The van der Waals surface area contributed by atoms with Gasteiger partial charge in [-0.3, -0.25) is 9.59 Å². The van der Waals surface area contributed by atoms with E-state index < -0.39 is 26.2 Å². The monoisotopic (exact) mass is 966 g/mol. The van der Waals surface area contributed by atoms with Crippen LogP contribution in [0.5, 0.6) is 23.0 Å². The Bertz CT molecular complexity index is 1970. The molecule has 0 aromatic heterocycles. The smallest absolute Gasteiger partial charge is 0.309 e. The van der Waals surface area contributed by atoms with E-state index in [0.29, 0.717) is 81.9 Å². The number of rotatable bonds is 27. The molecule has 2 heterocycles. The maximum atomic E-state index is 12.3. The Morgan fingerprint density at radius 1 is 0.703 bits per heavy atom. The van der Waals surface area contributed by atoms with Crippen LogP contribution in [-0.4, -0.2) is 89.7 Å². The number of azide groups is 1. The Hall–Kier alpha value is -3.71. The number of nitrogens with zero attached hydrogens (tertiary/aromatic N) is 3. The molecule has 0 bridgehead atoms. The van der Waals surface area contributed by atoms with Crippen LogP contribution < -0.4 is 18.9 Å². The van der Waals surface area contributed by atoms with E-state index in [9.17, 15) is 15.1 Å². The molecule has 2 aliphatic rings. The van der Waals surface area contributed by atoms with Crippen LogP contribution in [0.4, 0.5) is 0 Å². The highest BCUT2D eigenvalue weighted by molar-refractivity contribution is 9.09. The van der Waals surface area contributed by atoms with Gasteiger partial charge >= 0.3 is 11.9 Å². The van der Waals surface area contributed by atoms with Gasteiger partial charge in [-0.2, -0.15) is 0 Å². The fourth-order valence-electron chi connectivity index (χ4n) is 8.21. The van der Waals surface area contributed by atoms with Gasteiger partial charge in [-0.25, -0.2) is 0 Å². The Labute approximate surface area is 400 Å². The molecule has 2 aliphatic heterocycles. The molecular weight excluding hydrogens is 882 g/mol. The molecule has 2 saturated heterocycles. The molecule has 4 unspecified atom stereocenters. The van der Waals surface area contributed by atoms with Crippen LogP contribution in [0.2, 0.25) is 0 Å². The number of halogens is 1. The van der Waals surface area contributed by atoms with Gasteiger partial charge in [-0.1, -0.05) is 88.6 Å². The SMILES string of the molecule is [2H]C([2H])([2H])Oc1ccc(C[C@@H](CC(Br)C2C[C@@H](C(C)C)C(=O)O2)C(C)C)cc1OCCCOC.[2H]C([2H])([2H])Oc1ccc(C[C@@H](CC(N=[N+]=[N-])C2C[C@@H](C(C)C)C(=O)O2)C(C)C)cc1OCCCOC. The van der Waals surface area contributed by atoms with Crippen molar-refractivity contribution in [3.05, 3.63) is 58.0 Å². The van der Waals surface area contributed by atoms with Crippen molar-refractivity contribution in [1.82, 2.24) is 0 Å². The third kappa shape index (κ3) is 17.3. The molecule has 8 atom stereocenters. The highest BCUT2D eigenvalue weighted by Crippen LogP contribution is 2.38. The zero-order chi connectivity index (χ0) is 52.3. The molecule has 2 aromatic carbocycles. The first-order chi connectivity index (χ1) is 32.9. The van der Waals surface area contributed by atoms with Crippen molar-refractivity contribution in [2.75, 3.05) is 54.7 Å². The predicted octanol–water partition coefficient (Wildman–Crippen LogP) is 11.2. The van der Waals surface area contributed by atoms with Crippen LogP contribution in [0.15, 0.2) is 41.5 Å². The molecule has 0 aliphatic carbocycles. The van der Waals surface area contributed by atoms with Crippen LogP contribution in [0.3, 0.4) is 0 Å². The van der Waals surface area contributed by atoms with E-state index in [2.05, 4.69) is 67.5 Å². The number of alkyl halides is 1. The second-order valence-electron chi connectivity index (χ2n) is 18.5. The van der Waals surface area contributed by atoms with E-state index in [-0.39, 0.29) is 69.9 Å². The minimum absolute atomic E-state index is 0.0360. The van der Waals surface area contributed by atoms with Gasteiger partial charge in [-0.05, 0) is 115 Å². The summed E-state index contributed by atoms with van der Waals surface area (Å²) in [6.07, 6.45) is 4.93. The molecule has 64 heavy (non-hydrogen) atoms. The lowest BCUT2D eigenvalue weighted by molar-refractivity contribution is -0.146. The normalized spacial score (nSPS) is 22.0. The molecule has 360 valence electrons. The van der Waals surface area contributed by atoms with E-state index in [4.69, 9.17) is 46.1 Å². The summed E-state index contributed by atoms with van der Waals surface area (Å²) >= 11 is 3.80. The Morgan fingerprint density at radius 3 is 1.56 bits per heavy atom. The summed E-state index contributed by atoms with van der Waals surface area (Å²) in [6.45, 7) is 18.5. The van der Waals surface area contributed by atoms with E-state index in [1.807, 2.05) is 32.0 Å². The first kappa shape index (κ1) is 45.4. The first-order valence-corrected chi connectivity index (χ1v) is 23.7. The molecule has 0 spiro atoms. The fourth-order valence-corrected chi connectivity index (χ4v) is 9.01. The molecule has 2 aromatic rings. The molecule has 14 heteroatoms. The summed E-state index contributed by atoms with van der Waals surface area (Å²) < 4.78 is 88.1. The first-order valence-electron chi connectivity index (χ1n) is 25.8. The quantitative estimate of drug-likeness (QED) is 0.0211. The number of hydrogen-bond donors (Lipinski definition) is 0. The summed E-state index contributed by atoms with van der Waals surface area (Å²) in [5.41, 5.74) is 11.2. The Kier molecular flexibility index (Phi) is 20.1. The largest absolute Gasteiger partial charge is 0.493 e. The lowest BCUT2D eigenvalue weighted by Gasteiger charge is -2.27. The summed E-state index contributed by atoms with van der Waals surface area (Å²) in [5, 5.41) is 4.01. The topological polar surface area (TPSA) is 157 Å². The van der Waals surface area contributed by atoms with Crippen LogP contribution >= 0.6 is 15.9 Å². The van der Waals surface area contributed by atoms with Gasteiger partial charge in [0.1, 0.15) is 12.2 Å². The maximum Gasteiger partial charge on any atom is 0.309 e. The van der Waals surface area contributed by atoms with Gasteiger partial charge in [0, 0.05) is 45.2 Å². The molecule has 0 radical (unpaired) electrons. The summed E-state index contributed by atoms with van der Waals surface area (Å²) in [5.74, 6) is 2.14. The predicted molar refractivity (Wildman–Crippen MR) is 255 cm³/mol. The number of cyclic esters (lactones) is 2. The minimum Gasteiger partial charge on any atom is -0.493 e. The molecule has 2 fully saturated rings. The van der Waals surface area contributed by atoms with Crippen LogP contribution in [0.25, 0.3) is 10.4 Å². The van der Waals surface area contributed by atoms with Crippen LogP contribution in [0, 0.1) is 47.3 Å². The molecule has 13 nitrogen and oxygen atoms in total. The van der Waals surface area contributed by atoms with E-state index in [0.717, 1.165) is 30.4 Å². The standard InChI is InChI=1S/C25H39BrO5.C25H39N3O5/c1-16(2)19(14-21(26)23-15-20(17(3)4)25(27)31-23)12-18-8-9-22(29-6)24(13-18)30-11-7-10-28-5;1-16(2)19(14-21(27-28-26)23-15-20(17(3)4)25(29)33-23)12-18-8-9-22(31-6)24(13-18)32-11-7-10-30-5/h8-9,13,16-17,19-21,23H,7,10-12,14-15H2,1-6H3;8-9,13,16-17,19-21,23H,7,10-12,14-15H2,1-6H3/t2*19-,20-,21?,23?/m00/s1/i2*6D3. The molecular formula is C50H78BrN3O10. The van der Waals surface area contributed by atoms with Crippen molar-refractivity contribution in [1.29, 1.82) is 0 Å².